The first-order chi connectivity index (χ1) is 5.40. The normalized spacial score (nSPS) is 34.5. The van der Waals surface area contributed by atoms with Crippen molar-refractivity contribution < 1.29 is 0 Å². The molecule has 0 radical (unpaired) electrons. The molecule has 0 aromatic heterocycles. The Bertz CT molecular complexity index is 203. The fourth-order valence-electron chi connectivity index (χ4n) is 1.94. The number of rotatable bonds is 1. The number of hydrogen-bond donors (Lipinski definition) is 1. The summed E-state index contributed by atoms with van der Waals surface area (Å²) >= 11 is 0. The van der Waals surface area contributed by atoms with Crippen LogP contribution in [0, 0.1) is 5.92 Å². The van der Waals surface area contributed by atoms with Gasteiger partial charge >= 0.3 is 0 Å². The van der Waals surface area contributed by atoms with E-state index in [-0.39, 0.29) is 0 Å². The van der Waals surface area contributed by atoms with E-state index < -0.39 is 0 Å². The zero-order valence-electron chi connectivity index (χ0n) is 7.01. The quantitative estimate of drug-likeness (QED) is 0.564. The summed E-state index contributed by atoms with van der Waals surface area (Å²) in [5.74, 6) is 0.787. The van der Waals surface area contributed by atoms with E-state index >= 15 is 0 Å². The maximum Gasteiger partial charge on any atom is 0.0504 e. The predicted molar refractivity (Wildman–Crippen MR) is 47.2 cm³/mol. The van der Waals surface area contributed by atoms with Crippen LogP contribution in [0.15, 0.2) is 23.9 Å². The molecule has 1 heterocycles. The summed E-state index contributed by atoms with van der Waals surface area (Å²) in [6, 6.07) is 0.624. The maximum atomic E-state index is 3.52. The van der Waals surface area contributed by atoms with Gasteiger partial charge < -0.3 is 5.32 Å². The Morgan fingerprint density at radius 3 is 3.27 bits per heavy atom. The van der Waals surface area contributed by atoms with Crippen molar-refractivity contribution in [1.82, 2.24) is 5.32 Å². The predicted octanol–water partition coefficient (Wildman–Crippen LogP) is 2.22. The fourth-order valence-corrected chi connectivity index (χ4v) is 1.94. The number of hydrogen-bond acceptors (Lipinski definition) is 1. The third-order valence-electron chi connectivity index (χ3n) is 2.62. The van der Waals surface area contributed by atoms with E-state index in [1.54, 1.807) is 0 Å². The highest BCUT2D eigenvalue weighted by molar-refractivity contribution is 5.20. The molecule has 1 nitrogen and oxygen atoms in total. The lowest BCUT2D eigenvalue weighted by atomic mass is 9.92. The first-order valence-corrected chi connectivity index (χ1v) is 4.54. The van der Waals surface area contributed by atoms with Crippen LogP contribution in [0.3, 0.4) is 0 Å². The van der Waals surface area contributed by atoms with Crippen molar-refractivity contribution in [3.63, 3.8) is 0 Å². The smallest absolute Gasteiger partial charge is 0.0504 e. The summed E-state index contributed by atoms with van der Waals surface area (Å²) in [4.78, 5) is 0. The van der Waals surface area contributed by atoms with Crippen molar-refractivity contribution in [2.24, 2.45) is 5.92 Å². The van der Waals surface area contributed by atoms with Gasteiger partial charge in [-0.2, -0.15) is 0 Å². The molecule has 0 amide bonds. The molecule has 11 heavy (non-hydrogen) atoms. The summed E-state index contributed by atoms with van der Waals surface area (Å²) in [5.41, 5.74) is 1.44. The Balaban J connectivity index is 2.10. The van der Waals surface area contributed by atoms with E-state index in [1.165, 1.54) is 18.5 Å². The minimum Gasteiger partial charge on any atom is -0.382 e. The van der Waals surface area contributed by atoms with Gasteiger partial charge in [0.15, 0.2) is 0 Å². The van der Waals surface area contributed by atoms with Crippen LogP contribution in [-0.2, 0) is 0 Å². The van der Waals surface area contributed by atoms with Crippen molar-refractivity contribution in [3.8, 4) is 0 Å². The highest BCUT2D eigenvalue weighted by Gasteiger charge is 2.24. The van der Waals surface area contributed by atoms with Crippen LogP contribution in [0.4, 0.5) is 0 Å². The van der Waals surface area contributed by atoms with Crippen molar-refractivity contribution in [3.05, 3.63) is 23.9 Å². The lowest BCUT2D eigenvalue weighted by molar-refractivity contribution is 0.500. The highest BCUT2D eigenvalue weighted by Crippen LogP contribution is 2.27. The monoisotopic (exact) mass is 149 g/mol. The molecule has 60 valence electrons. The average molecular weight is 149 g/mol. The van der Waals surface area contributed by atoms with Crippen LogP contribution < -0.4 is 5.32 Å². The van der Waals surface area contributed by atoms with Crippen molar-refractivity contribution in [1.29, 1.82) is 0 Å². The molecule has 0 aromatic rings. The van der Waals surface area contributed by atoms with E-state index in [0.29, 0.717) is 6.04 Å². The molecular weight excluding hydrogens is 134 g/mol. The van der Waals surface area contributed by atoms with Gasteiger partial charge in [0.2, 0.25) is 0 Å². The van der Waals surface area contributed by atoms with Crippen LogP contribution in [0.5, 0.6) is 0 Å². The molecule has 0 aromatic carbocycles. The van der Waals surface area contributed by atoms with Gasteiger partial charge in [0.25, 0.3) is 0 Å². The Kier molecular flexibility index (Phi) is 1.72. The zero-order valence-corrected chi connectivity index (χ0v) is 7.01. The van der Waals surface area contributed by atoms with E-state index in [9.17, 15) is 0 Å². The van der Waals surface area contributed by atoms with E-state index in [4.69, 9.17) is 0 Å². The molecule has 1 aliphatic heterocycles. The van der Waals surface area contributed by atoms with Gasteiger partial charge in [-0.15, -0.1) is 0 Å². The summed E-state index contributed by atoms with van der Waals surface area (Å²) < 4.78 is 0. The summed E-state index contributed by atoms with van der Waals surface area (Å²) in [7, 11) is 0. The van der Waals surface area contributed by atoms with Crippen molar-refractivity contribution in [2.45, 2.75) is 32.2 Å². The van der Waals surface area contributed by atoms with Crippen LogP contribution in [0.1, 0.15) is 26.2 Å². The standard InChI is InChI=1S/C10H15N/c1-2-9-7-8-5-3-4-6-10(8)11-9/h4,6-8,10-11H,2-3,5H2,1H3. The third-order valence-corrected chi connectivity index (χ3v) is 2.62. The van der Waals surface area contributed by atoms with Crippen molar-refractivity contribution >= 4 is 0 Å². The van der Waals surface area contributed by atoms with Gasteiger partial charge in [0.1, 0.15) is 0 Å². The largest absolute Gasteiger partial charge is 0.382 e. The molecule has 2 aliphatic rings. The Labute approximate surface area is 68.2 Å². The number of fused-ring (bicyclic) bond motifs is 1. The van der Waals surface area contributed by atoms with Gasteiger partial charge in [-0.05, 0) is 19.3 Å². The summed E-state index contributed by atoms with van der Waals surface area (Å²) in [5, 5.41) is 3.52. The second-order valence-electron chi connectivity index (χ2n) is 3.38. The molecule has 2 atom stereocenters. The molecule has 0 bridgehead atoms. The SMILES string of the molecule is CCC1=CC2CCC=CC2N1. The first-order valence-electron chi connectivity index (χ1n) is 4.54. The van der Waals surface area contributed by atoms with E-state index in [0.717, 1.165) is 12.3 Å². The van der Waals surface area contributed by atoms with Crippen LogP contribution in [0.25, 0.3) is 0 Å². The minimum atomic E-state index is 0.624. The van der Waals surface area contributed by atoms with E-state index in [2.05, 4.69) is 30.5 Å². The Morgan fingerprint density at radius 1 is 1.64 bits per heavy atom. The van der Waals surface area contributed by atoms with E-state index in [1.807, 2.05) is 0 Å². The molecule has 0 fully saturated rings. The van der Waals surface area contributed by atoms with Crippen LogP contribution >= 0.6 is 0 Å². The first kappa shape index (κ1) is 6.96. The van der Waals surface area contributed by atoms with Gasteiger partial charge in [-0.1, -0.05) is 25.2 Å². The molecule has 0 spiro atoms. The molecule has 2 unspecified atom stereocenters. The van der Waals surface area contributed by atoms with Crippen molar-refractivity contribution in [2.75, 3.05) is 0 Å². The molecule has 0 saturated heterocycles. The number of allylic oxidation sites excluding steroid dienone is 2. The lowest BCUT2D eigenvalue weighted by Crippen LogP contribution is -2.27. The highest BCUT2D eigenvalue weighted by atomic mass is 15.0. The maximum absolute atomic E-state index is 3.52. The van der Waals surface area contributed by atoms with Crippen LogP contribution in [-0.4, -0.2) is 6.04 Å². The zero-order chi connectivity index (χ0) is 7.68. The minimum absolute atomic E-state index is 0.624. The Morgan fingerprint density at radius 2 is 2.55 bits per heavy atom. The molecule has 1 aliphatic carbocycles. The fraction of sp³-hybridized carbons (Fsp3) is 0.600. The second kappa shape index (κ2) is 2.72. The summed E-state index contributed by atoms with van der Waals surface area (Å²) in [6.45, 7) is 2.21. The molecule has 0 saturated carbocycles. The van der Waals surface area contributed by atoms with Gasteiger partial charge in [0, 0.05) is 11.6 Å². The molecule has 2 rings (SSSR count). The summed E-state index contributed by atoms with van der Waals surface area (Å²) in [6.07, 6.45) is 10.8. The topological polar surface area (TPSA) is 12.0 Å². The van der Waals surface area contributed by atoms with Gasteiger partial charge in [0.05, 0.1) is 6.04 Å². The molecule has 1 N–H and O–H groups in total. The van der Waals surface area contributed by atoms with Crippen LogP contribution in [0.2, 0.25) is 0 Å². The molecule has 1 heteroatoms. The Hall–Kier alpha value is -0.720. The average Bonchev–Trinajstić information content (AvgIpc) is 2.46. The van der Waals surface area contributed by atoms with Gasteiger partial charge in [-0.25, -0.2) is 0 Å². The lowest BCUT2D eigenvalue weighted by Gasteiger charge is -2.19. The third kappa shape index (κ3) is 1.20. The number of nitrogens with one attached hydrogen (secondary N) is 1. The van der Waals surface area contributed by atoms with Gasteiger partial charge in [-0.3, -0.25) is 0 Å². The molecular formula is C10H15N. The second-order valence-corrected chi connectivity index (χ2v) is 3.38.